The van der Waals surface area contributed by atoms with Crippen molar-refractivity contribution in [2.75, 3.05) is 39.8 Å². The van der Waals surface area contributed by atoms with Gasteiger partial charge in [-0.2, -0.15) is 0 Å². The fourth-order valence-corrected chi connectivity index (χ4v) is 3.12. The van der Waals surface area contributed by atoms with Gasteiger partial charge in [-0.25, -0.2) is 0 Å². The van der Waals surface area contributed by atoms with E-state index in [9.17, 15) is 9.59 Å². The molecule has 2 amide bonds. The quantitative estimate of drug-likeness (QED) is 0.806. The number of amides is 2. The van der Waals surface area contributed by atoms with Crippen LogP contribution in [0.15, 0.2) is 0 Å². The second-order valence-corrected chi connectivity index (χ2v) is 6.06. The molecule has 0 aromatic carbocycles. The van der Waals surface area contributed by atoms with Gasteiger partial charge in [-0.1, -0.05) is 0 Å². The molecule has 0 bridgehead atoms. The van der Waals surface area contributed by atoms with Crippen LogP contribution in [0.25, 0.3) is 0 Å². The van der Waals surface area contributed by atoms with Crippen LogP contribution >= 0.6 is 0 Å². The Morgan fingerprint density at radius 1 is 1.10 bits per heavy atom. The minimum absolute atomic E-state index is 0.104. The minimum Gasteiger partial charge on any atom is -0.381 e. The minimum atomic E-state index is 0.104. The smallest absolute Gasteiger partial charge is 0.234 e. The largest absolute Gasteiger partial charge is 0.381 e. The van der Waals surface area contributed by atoms with E-state index < -0.39 is 0 Å². The third kappa shape index (κ3) is 4.97. The SMILES string of the molecule is COC1CCN(CC(=O)NC2CCN(C(C)=O)CC2)CC1. The number of methoxy groups -OCH3 is 1. The Kier molecular flexibility index (Phi) is 5.99. The first-order valence-corrected chi connectivity index (χ1v) is 7.88. The van der Waals surface area contributed by atoms with Gasteiger partial charge in [0, 0.05) is 46.3 Å². The normalized spacial score (nSPS) is 22.3. The van der Waals surface area contributed by atoms with Crippen LogP contribution in [-0.2, 0) is 14.3 Å². The van der Waals surface area contributed by atoms with Crippen LogP contribution in [0.2, 0.25) is 0 Å². The molecule has 0 radical (unpaired) electrons. The summed E-state index contributed by atoms with van der Waals surface area (Å²) >= 11 is 0. The third-order valence-corrected chi connectivity index (χ3v) is 4.54. The summed E-state index contributed by atoms with van der Waals surface area (Å²) in [5.41, 5.74) is 0. The predicted molar refractivity (Wildman–Crippen MR) is 79.9 cm³/mol. The van der Waals surface area contributed by atoms with Crippen LogP contribution in [-0.4, -0.2) is 73.6 Å². The molecule has 2 fully saturated rings. The lowest BCUT2D eigenvalue weighted by Gasteiger charge is -2.33. The first-order valence-electron chi connectivity index (χ1n) is 7.88. The maximum absolute atomic E-state index is 12.1. The number of nitrogens with one attached hydrogen (secondary N) is 1. The van der Waals surface area contributed by atoms with E-state index in [1.165, 1.54) is 0 Å². The summed E-state index contributed by atoms with van der Waals surface area (Å²) in [6, 6.07) is 0.213. The summed E-state index contributed by atoms with van der Waals surface area (Å²) in [5, 5.41) is 3.10. The number of hydrogen-bond acceptors (Lipinski definition) is 4. The standard InChI is InChI=1S/C15H27N3O3/c1-12(19)18-9-3-13(4-10-18)16-15(20)11-17-7-5-14(21-2)6-8-17/h13-14H,3-11H2,1-2H3,(H,16,20). The summed E-state index contributed by atoms with van der Waals surface area (Å²) in [7, 11) is 1.75. The first-order chi connectivity index (χ1) is 10.1. The molecule has 0 unspecified atom stereocenters. The van der Waals surface area contributed by atoms with Gasteiger partial charge in [-0.05, 0) is 25.7 Å². The molecule has 6 heteroatoms. The van der Waals surface area contributed by atoms with Crippen molar-refractivity contribution >= 4 is 11.8 Å². The highest BCUT2D eigenvalue weighted by Crippen LogP contribution is 2.13. The van der Waals surface area contributed by atoms with Gasteiger partial charge in [0.2, 0.25) is 11.8 Å². The molecule has 0 spiro atoms. The van der Waals surface area contributed by atoms with Gasteiger partial charge in [0.15, 0.2) is 0 Å². The Balaban J connectivity index is 1.65. The van der Waals surface area contributed by atoms with Crippen LogP contribution in [0.3, 0.4) is 0 Å². The molecule has 1 N–H and O–H groups in total. The average molecular weight is 297 g/mol. The molecule has 0 aromatic heterocycles. The number of hydrogen-bond donors (Lipinski definition) is 1. The van der Waals surface area contributed by atoms with Crippen molar-refractivity contribution < 1.29 is 14.3 Å². The van der Waals surface area contributed by atoms with Crippen molar-refractivity contribution in [3.63, 3.8) is 0 Å². The number of likely N-dealkylation sites (tertiary alicyclic amines) is 2. The van der Waals surface area contributed by atoms with Gasteiger partial charge < -0.3 is 15.0 Å². The van der Waals surface area contributed by atoms with Crippen molar-refractivity contribution in [2.24, 2.45) is 0 Å². The molecule has 0 aromatic rings. The number of carbonyl (C=O) groups excluding carboxylic acids is 2. The predicted octanol–water partition coefficient (Wildman–Crippen LogP) is 0.224. The van der Waals surface area contributed by atoms with Crippen LogP contribution < -0.4 is 5.32 Å². The Hall–Kier alpha value is -1.14. The number of carbonyl (C=O) groups is 2. The van der Waals surface area contributed by atoms with E-state index in [4.69, 9.17) is 4.74 Å². The van der Waals surface area contributed by atoms with Gasteiger partial charge in [0.05, 0.1) is 12.6 Å². The second kappa shape index (κ2) is 7.75. The van der Waals surface area contributed by atoms with Crippen molar-refractivity contribution in [3.8, 4) is 0 Å². The lowest BCUT2D eigenvalue weighted by atomic mass is 10.0. The molecule has 0 saturated carbocycles. The van der Waals surface area contributed by atoms with Crippen molar-refractivity contribution in [2.45, 2.75) is 44.8 Å². The lowest BCUT2D eigenvalue weighted by molar-refractivity contribution is -0.130. The molecule has 2 aliphatic heterocycles. The number of piperidine rings is 2. The number of rotatable bonds is 4. The van der Waals surface area contributed by atoms with Crippen LogP contribution in [0.5, 0.6) is 0 Å². The van der Waals surface area contributed by atoms with Crippen LogP contribution in [0, 0.1) is 0 Å². The first kappa shape index (κ1) is 16.2. The van der Waals surface area contributed by atoms with E-state index >= 15 is 0 Å². The van der Waals surface area contributed by atoms with Gasteiger partial charge in [-0.15, -0.1) is 0 Å². The van der Waals surface area contributed by atoms with E-state index in [-0.39, 0.29) is 17.9 Å². The molecule has 0 aliphatic carbocycles. The molecule has 2 aliphatic rings. The Bertz CT molecular complexity index is 359. The molecule has 120 valence electrons. The average Bonchev–Trinajstić information content (AvgIpc) is 2.48. The van der Waals surface area contributed by atoms with E-state index in [2.05, 4.69) is 10.2 Å². The Morgan fingerprint density at radius 3 is 2.24 bits per heavy atom. The number of ether oxygens (including phenoxy) is 1. The zero-order valence-corrected chi connectivity index (χ0v) is 13.1. The Labute approximate surface area is 126 Å². The zero-order chi connectivity index (χ0) is 15.2. The van der Waals surface area contributed by atoms with Crippen molar-refractivity contribution in [3.05, 3.63) is 0 Å². The fraction of sp³-hybridized carbons (Fsp3) is 0.867. The highest BCUT2D eigenvalue weighted by atomic mass is 16.5. The van der Waals surface area contributed by atoms with Crippen LogP contribution in [0.1, 0.15) is 32.6 Å². The lowest BCUT2D eigenvalue weighted by Crippen LogP contribution is -2.49. The second-order valence-electron chi connectivity index (χ2n) is 6.06. The summed E-state index contributed by atoms with van der Waals surface area (Å²) < 4.78 is 5.34. The maximum atomic E-state index is 12.1. The molecule has 0 atom stereocenters. The summed E-state index contributed by atoms with van der Waals surface area (Å²) in [6.45, 7) is 5.42. The summed E-state index contributed by atoms with van der Waals surface area (Å²) in [6.07, 6.45) is 4.07. The number of nitrogens with zero attached hydrogens (tertiary/aromatic N) is 2. The topological polar surface area (TPSA) is 61.9 Å². The zero-order valence-electron chi connectivity index (χ0n) is 13.1. The van der Waals surface area contributed by atoms with Crippen molar-refractivity contribution in [1.29, 1.82) is 0 Å². The highest BCUT2D eigenvalue weighted by molar-refractivity contribution is 5.78. The van der Waals surface area contributed by atoms with Gasteiger partial charge in [-0.3, -0.25) is 14.5 Å². The van der Waals surface area contributed by atoms with Gasteiger partial charge >= 0.3 is 0 Å². The van der Waals surface area contributed by atoms with Gasteiger partial charge in [0.25, 0.3) is 0 Å². The van der Waals surface area contributed by atoms with Crippen molar-refractivity contribution in [1.82, 2.24) is 15.1 Å². The molecule has 6 nitrogen and oxygen atoms in total. The van der Waals surface area contributed by atoms with E-state index in [1.54, 1.807) is 14.0 Å². The van der Waals surface area contributed by atoms with E-state index in [0.29, 0.717) is 12.6 Å². The molecule has 2 heterocycles. The molecule has 2 rings (SSSR count). The van der Waals surface area contributed by atoms with E-state index in [0.717, 1.165) is 51.9 Å². The molecular formula is C15H27N3O3. The van der Waals surface area contributed by atoms with Crippen LogP contribution in [0.4, 0.5) is 0 Å². The fourth-order valence-electron chi connectivity index (χ4n) is 3.12. The highest BCUT2D eigenvalue weighted by Gasteiger charge is 2.24. The maximum Gasteiger partial charge on any atom is 0.234 e. The van der Waals surface area contributed by atoms with Gasteiger partial charge in [0.1, 0.15) is 0 Å². The Morgan fingerprint density at radius 2 is 1.71 bits per heavy atom. The molecule has 21 heavy (non-hydrogen) atoms. The molecular weight excluding hydrogens is 270 g/mol. The summed E-state index contributed by atoms with van der Waals surface area (Å²) in [5.74, 6) is 0.230. The third-order valence-electron chi connectivity index (χ3n) is 4.54. The monoisotopic (exact) mass is 297 g/mol. The van der Waals surface area contributed by atoms with E-state index in [1.807, 2.05) is 4.90 Å². The summed E-state index contributed by atoms with van der Waals surface area (Å²) in [4.78, 5) is 27.4. The molecule has 2 saturated heterocycles.